The number of anilines is 2. The molecule has 9 nitrogen and oxygen atoms in total. The molecule has 39 heavy (non-hydrogen) atoms. The number of carbonyl (C=O) groups excluding carboxylic acids is 3. The van der Waals surface area contributed by atoms with Gasteiger partial charge >= 0.3 is 0 Å². The maximum Gasteiger partial charge on any atom is 0.250 e. The van der Waals surface area contributed by atoms with Crippen molar-refractivity contribution in [3.63, 3.8) is 0 Å². The molecule has 1 spiro atoms. The Labute approximate surface area is 228 Å². The number of aliphatic hydroxyl groups excluding tert-OH is 1. The smallest absolute Gasteiger partial charge is 0.250 e. The number of rotatable bonds is 9. The number of likely N-dealkylation sites (tertiary alicyclic amines) is 1. The highest BCUT2D eigenvalue weighted by Gasteiger charge is 2.78. The fraction of sp³-hybridized carbons (Fsp3) is 0.500. The summed E-state index contributed by atoms with van der Waals surface area (Å²) < 4.78 is 12.2. The molecule has 5 rings (SSSR count). The number of fused-ring (bicyclic) bond motifs is 1. The van der Waals surface area contributed by atoms with Crippen molar-refractivity contribution in [3.05, 3.63) is 53.6 Å². The van der Waals surface area contributed by atoms with Crippen molar-refractivity contribution >= 4 is 29.1 Å². The minimum Gasteiger partial charge on any atom is -0.494 e. The predicted octanol–water partition coefficient (Wildman–Crippen LogP) is 3.43. The quantitative estimate of drug-likeness (QED) is 0.453. The van der Waals surface area contributed by atoms with E-state index in [4.69, 9.17) is 9.47 Å². The summed E-state index contributed by atoms with van der Waals surface area (Å²) in [7, 11) is 0. The Morgan fingerprint density at radius 1 is 1.08 bits per heavy atom. The molecule has 9 heteroatoms. The number of nitrogens with zero attached hydrogens (tertiary/aromatic N) is 1. The number of carbonyl (C=O) groups is 3. The van der Waals surface area contributed by atoms with E-state index >= 15 is 0 Å². The first-order valence-electron chi connectivity index (χ1n) is 13.7. The minimum atomic E-state index is -1.15. The lowest BCUT2D eigenvalue weighted by molar-refractivity contribution is -0.144. The number of nitrogens with one attached hydrogen (secondary N) is 2. The van der Waals surface area contributed by atoms with Gasteiger partial charge in [-0.3, -0.25) is 14.4 Å². The zero-order valence-electron chi connectivity index (χ0n) is 23.0. The molecule has 0 aliphatic carbocycles. The van der Waals surface area contributed by atoms with Gasteiger partial charge in [0.15, 0.2) is 0 Å². The Morgan fingerprint density at radius 3 is 2.49 bits per heavy atom. The van der Waals surface area contributed by atoms with Crippen LogP contribution in [0, 0.1) is 25.7 Å². The molecule has 0 radical (unpaired) electrons. The maximum atomic E-state index is 14.0. The van der Waals surface area contributed by atoms with E-state index in [0.717, 1.165) is 11.1 Å². The number of aryl methyl sites for hydroxylation is 2. The fourth-order valence-electron chi connectivity index (χ4n) is 6.86. The van der Waals surface area contributed by atoms with Gasteiger partial charge in [-0.15, -0.1) is 0 Å². The first kappa shape index (κ1) is 27.1. The summed E-state index contributed by atoms with van der Waals surface area (Å²) in [4.78, 5) is 43.1. The Hall–Kier alpha value is -3.43. The molecule has 0 saturated carbocycles. The predicted molar refractivity (Wildman–Crippen MR) is 146 cm³/mol. The molecule has 3 aliphatic heterocycles. The zero-order valence-corrected chi connectivity index (χ0v) is 23.0. The van der Waals surface area contributed by atoms with Crippen LogP contribution in [0.2, 0.25) is 0 Å². The normalized spacial score (nSPS) is 28.9. The molecular weight excluding hydrogens is 498 g/mol. The molecule has 2 unspecified atom stereocenters. The summed E-state index contributed by atoms with van der Waals surface area (Å²) in [5, 5.41) is 15.8. The molecule has 3 heterocycles. The van der Waals surface area contributed by atoms with Crippen molar-refractivity contribution in [1.29, 1.82) is 0 Å². The van der Waals surface area contributed by atoms with Crippen LogP contribution in [-0.4, -0.2) is 64.7 Å². The van der Waals surface area contributed by atoms with Gasteiger partial charge < -0.3 is 30.1 Å². The third-order valence-electron chi connectivity index (χ3n) is 8.64. The van der Waals surface area contributed by atoms with Gasteiger partial charge in [0, 0.05) is 17.9 Å². The summed E-state index contributed by atoms with van der Waals surface area (Å²) in [6, 6.07) is 11.9. The van der Waals surface area contributed by atoms with Crippen LogP contribution >= 0.6 is 0 Å². The maximum absolute atomic E-state index is 14.0. The third kappa shape index (κ3) is 4.37. The van der Waals surface area contributed by atoms with E-state index < -0.39 is 29.1 Å². The van der Waals surface area contributed by atoms with Gasteiger partial charge in [-0.05, 0) is 81.5 Å². The second-order valence-corrected chi connectivity index (χ2v) is 10.8. The molecule has 2 aromatic carbocycles. The summed E-state index contributed by atoms with van der Waals surface area (Å²) in [5.41, 5.74) is 1.15. The molecule has 5 atom stereocenters. The van der Waals surface area contributed by atoms with Crippen LogP contribution in [0.4, 0.5) is 11.4 Å². The van der Waals surface area contributed by atoms with Crippen molar-refractivity contribution in [2.24, 2.45) is 11.8 Å². The SMILES string of the molecule is CCOc1ccc(NC(=O)[C@@H]2[C@H]3C(=O)N(CCO)C(C(=O)Nc4cc(C)ccc4C)C34CC[C@@]2(CC)O4)cc1. The van der Waals surface area contributed by atoms with E-state index in [-0.39, 0.29) is 30.9 Å². The van der Waals surface area contributed by atoms with Gasteiger partial charge in [0.25, 0.3) is 0 Å². The first-order chi connectivity index (χ1) is 18.7. The Bertz CT molecular complexity index is 1280. The van der Waals surface area contributed by atoms with Crippen molar-refractivity contribution < 1.29 is 29.0 Å². The molecule has 3 aliphatic rings. The molecule has 208 valence electrons. The number of amides is 3. The molecule has 3 amide bonds. The second kappa shape index (κ2) is 10.3. The molecule has 2 bridgehead atoms. The number of β-amino-alcohol motifs (C(OH)–C–C–N with tert-alkyl or cyclic N) is 1. The van der Waals surface area contributed by atoms with E-state index in [1.807, 2.05) is 45.9 Å². The van der Waals surface area contributed by atoms with Gasteiger partial charge in [-0.2, -0.15) is 0 Å². The van der Waals surface area contributed by atoms with Crippen LogP contribution in [0.15, 0.2) is 42.5 Å². The van der Waals surface area contributed by atoms with Crippen LogP contribution in [0.1, 0.15) is 44.2 Å². The Kier molecular flexibility index (Phi) is 7.15. The van der Waals surface area contributed by atoms with Crippen molar-refractivity contribution in [1.82, 2.24) is 4.90 Å². The van der Waals surface area contributed by atoms with E-state index in [2.05, 4.69) is 10.6 Å². The fourth-order valence-corrected chi connectivity index (χ4v) is 6.86. The van der Waals surface area contributed by atoms with E-state index in [1.165, 1.54) is 4.90 Å². The van der Waals surface area contributed by atoms with Crippen LogP contribution in [0.3, 0.4) is 0 Å². The Balaban J connectivity index is 1.48. The first-order valence-corrected chi connectivity index (χ1v) is 13.7. The molecule has 3 N–H and O–H groups in total. The third-order valence-corrected chi connectivity index (χ3v) is 8.64. The van der Waals surface area contributed by atoms with Gasteiger partial charge in [-0.1, -0.05) is 19.1 Å². The van der Waals surface area contributed by atoms with E-state index in [0.29, 0.717) is 43.0 Å². The van der Waals surface area contributed by atoms with Gasteiger partial charge in [0.2, 0.25) is 17.7 Å². The second-order valence-electron chi connectivity index (χ2n) is 10.8. The van der Waals surface area contributed by atoms with Crippen molar-refractivity contribution in [2.75, 3.05) is 30.4 Å². The average molecular weight is 536 g/mol. The number of ether oxygens (including phenoxy) is 2. The summed E-state index contributed by atoms with van der Waals surface area (Å²) in [6.07, 6.45) is 1.58. The molecule has 2 aromatic rings. The summed E-state index contributed by atoms with van der Waals surface area (Å²) in [6.45, 7) is 7.94. The average Bonchev–Trinajstić information content (AvgIpc) is 3.51. The van der Waals surface area contributed by atoms with Crippen LogP contribution < -0.4 is 15.4 Å². The summed E-state index contributed by atoms with van der Waals surface area (Å²) >= 11 is 0. The molecule has 3 fully saturated rings. The van der Waals surface area contributed by atoms with Gasteiger partial charge in [-0.25, -0.2) is 0 Å². The van der Waals surface area contributed by atoms with Crippen LogP contribution in [0.5, 0.6) is 5.75 Å². The monoisotopic (exact) mass is 535 g/mol. The standard InChI is InChI=1S/C30H37N3O6/c1-5-29-13-14-30(39-29)24(23(29)26(35)31-20-9-11-21(12-10-20)38-6-2)28(37)33(15-16-34)25(30)27(36)32-22-17-18(3)7-8-19(22)4/h7-12,17,23-25,34H,5-6,13-16H2,1-4H3,(H,31,35)(H,32,36)/t23-,24-,25?,29+,30?/m0/s1. The minimum absolute atomic E-state index is 0.0162. The summed E-state index contributed by atoms with van der Waals surface area (Å²) in [5.74, 6) is -1.89. The lowest BCUT2D eigenvalue weighted by atomic mass is 9.65. The van der Waals surface area contributed by atoms with E-state index in [9.17, 15) is 19.5 Å². The highest BCUT2D eigenvalue weighted by atomic mass is 16.5. The zero-order chi connectivity index (χ0) is 27.9. The largest absolute Gasteiger partial charge is 0.494 e. The number of hydrogen-bond acceptors (Lipinski definition) is 6. The van der Waals surface area contributed by atoms with Gasteiger partial charge in [0.05, 0.1) is 30.7 Å². The highest BCUT2D eigenvalue weighted by molar-refractivity contribution is 6.05. The Morgan fingerprint density at radius 2 is 1.82 bits per heavy atom. The highest BCUT2D eigenvalue weighted by Crippen LogP contribution is 2.64. The lowest BCUT2D eigenvalue weighted by Gasteiger charge is -2.34. The van der Waals surface area contributed by atoms with Crippen LogP contribution in [0.25, 0.3) is 0 Å². The van der Waals surface area contributed by atoms with Crippen molar-refractivity contribution in [2.45, 2.75) is 64.2 Å². The number of benzene rings is 2. The van der Waals surface area contributed by atoms with Crippen molar-refractivity contribution in [3.8, 4) is 5.75 Å². The topological polar surface area (TPSA) is 117 Å². The van der Waals surface area contributed by atoms with Crippen LogP contribution in [-0.2, 0) is 19.1 Å². The van der Waals surface area contributed by atoms with Gasteiger partial charge in [0.1, 0.15) is 17.4 Å². The lowest BCUT2D eigenvalue weighted by Crippen LogP contribution is -2.53. The molecular formula is C30H37N3O6. The number of aliphatic hydroxyl groups is 1. The molecule has 0 aromatic heterocycles. The number of hydrogen-bond donors (Lipinski definition) is 3. The van der Waals surface area contributed by atoms with E-state index in [1.54, 1.807) is 24.3 Å². The molecule has 3 saturated heterocycles.